The van der Waals surface area contributed by atoms with Gasteiger partial charge in [0.2, 0.25) is 0 Å². The van der Waals surface area contributed by atoms with Gasteiger partial charge >= 0.3 is 11.7 Å². The SMILES string of the molecule is CC(C)(C)OC(=O)C(=[N+]=[N-])C(NC(=O)c1ccc(Cl)cc1)c1ccccc1. The molecule has 0 aliphatic rings. The summed E-state index contributed by atoms with van der Waals surface area (Å²) in [5, 5.41) is 3.21. The zero-order valence-electron chi connectivity index (χ0n) is 15.3. The summed E-state index contributed by atoms with van der Waals surface area (Å²) >= 11 is 5.85. The smallest absolute Gasteiger partial charge is 0.420 e. The van der Waals surface area contributed by atoms with Gasteiger partial charge in [-0.1, -0.05) is 41.9 Å². The van der Waals surface area contributed by atoms with Crippen molar-refractivity contribution < 1.29 is 19.1 Å². The average molecular weight is 386 g/mol. The van der Waals surface area contributed by atoms with Crippen molar-refractivity contribution >= 4 is 29.2 Å². The molecule has 0 fully saturated rings. The van der Waals surface area contributed by atoms with Gasteiger partial charge in [0.25, 0.3) is 5.91 Å². The molecule has 1 N–H and O–H groups in total. The summed E-state index contributed by atoms with van der Waals surface area (Å²) in [4.78, 5) is 28.2. The fourth-order valence-corrected chi connectivity index (χ4v) is 2.44. The van der Waals surface area contributed by atoms with E-state index >= 15 is 0 Å². The van der Waals surface area contributed by atoms with E-state index in [0.717, 1.165) is 0 Å². The van der Waals surface area contributed by atoms with Crippen molar-refractivity contribution in [3.05, 3.63) is 76.3 Å². The molecule has 0 saturated carbocycles. The van der Waals surface area contributed by atoms with Crippen LogP contribution in [0, 0.1) is 0 Å². The monoisotopic (exact) mass is 385 g/mol. The maximum absolute atomic E-state index is 12.6. The van der Waals surface area contributed by atoms with E-state index < -0.39 is 23.5 Å². The highest BCUT2D eigenvalue weighted by molar-refractivity contribution is 6.36. The van der Waals surface area contributed by atoms with Crippen molar-refractivity contribution in [2.24, 2.45) is 0 Å². The highest BCUT2D eigenvalue weighted by atomic mass is 35.5. The molecule has 2 aromatic carbocycles. The molecule has 0 aliphatic heterocycles. The second kappa shape index (κ2) is 8.62. The van der Waals surface area contributed by atoms with Crippen molar-refractivity contribution in [2.75, 3.05) is 0 Å². The third-order valence-electron chi connectivity index (χ3n) is 3.50. The van der Waals surface area contributed by atoms with E-state index in [1.807, 2.05) is 0 Å². The van der Waals surface area contributed by atoms with Gasteiger partial charge in [0.1, 0.15) is 5.60 Å². The van der Waals surface area contributed by atoms with Crippen LogP contribution in [-0.2, 0) is 9.53 Å². The largest absolute Gasteiger partial charge is 0.451 e. The number of hydrogen-bond donors (Lipinski definition) is 1. The van der Waals surface area contributed by atoms with Crippen molar-refractivity contribution in [1.82, 2.24) is 5.32 Å². The Morgan fingerprint density at radius 1 is 1.07 bits per heavy atom. The van der Waals surface area contributed by atoms with Crippen molar-refractivity contribution in [2.45, 2.75) is 32.4 Å². The molecule has 1 atom stereocenters. The van der Waals surface area contributed by atoms with Gasteiger partial charge in [-0.3, -0.25) is 4.79 Å². The van der Waals surface area contributed by atoms with Crippen LogP contribution in [0.5, 0.6) is 0 Å². The first-order valence-corrected chi connectivity index (χ1v) is 8.66. The minimum atomic E-state index is -0.991. The van der Waals surface area contributed by atoms with Crippen LogP contribution < -0.4 is 5.32 Å². The topological polar surface area (TPSA) is 91.8 Å². The van der Waals surface area contributed by atoms with Gasteiger partial charge in [-0.05, 0) is 50.6 Å². The van der Waals surface area contributed by atoms with E-state index in [4.69, 9.17) is 16.3 Å². The second-order valence-electron chi connectivity index (χ2n) is 6.81. The lowest BCUT2D eigenvalue weighted by molar-refractivity contribution is -0.151. The average Bonchev–Trinajstić information content (AvgIpc) is 2.61. The Kier molecular flexibility index (Phi) is 6.50. The lowest BCUT2D eigenvalue weighted by atomic mass is 10.0. The summed E-state index contributed by atoms with van der Waals surface area (Å²) in [6, 6.07) is 14.0. The molecule has 0 heterocycles. The number of ether oxygens (including phenoxy) is 1. The van der Waals surface area contributed by atoms with Crippen molar-refractivity contribution in [3.8, 4) is 0 Å². The Bertz CT molecular complexity index is 868. The molecular formula is C20H20ClN3O3. The highest BCUT2D eigenvalue weighted by Gasteiger charge is 2.37. The molecule has 0 radical (unpaired) electrons. The zero-order valence-corrected chi connectivity index (χ0v) is 16.0. The van der Waals surface area contributed by atoms with Gasteiger partial charge in [-0.15, -0.1) is 0 Å². The Labute approximate surface area is 162 Å². The van der Waals surface area contributed by atoms with Crippen LogP contribution >= 0.6 is 11.6 Å². The lowest BCUT2D eigenvalue weighted by Gasteiger charge is -2.20. The molecule has 7 heteroatoms. The molecule has 0 aromatic heterocycles. The number of nitrogens with one attached hydrogen (secondary N) is 1. The number of amides is 1. The molecule has 1 amide bonds. The van der Waals surface area contributed by atoms with Crippen LogP contribution in [0.4, 0.5) is 0 Å². The summed E-state index contributed by atoms with van der Waals surface area (Å²) in [5.74, 6) is -1.28. The summed E-state index contributed by atoms with van der Waals surface area (Å²) in [6.07, 6.45) is 0. The fourth-order valence-electron chi connectivity index (χ4n) is 2.32. The Hall–Kier alpha value is -2.95. The van der Waals surface area contributed by atoms with E-state index in [1.54, 1.807) is 75.4 Å². The predicted octanol–water partition coefficient (Wildman–Crippen LogP) is 3.82. The molecule has 27 heavy (non-hydrogen) atoms. The lowest BCUT2D eigenvalue weighted by Crippen LogP contribution is -2.40. The molecule has 2 aromatic rings. The number of rotatable bonds is 5. The normalized spacial score (nSPS) is 11.9. The molecule has 2 rings (SSSR count). The molecular weight excluding hydrogens is 366 g/mol. The van der Waals surface area contributed by atoms with Gasteiger partial charge < -0.3 is 15.6 Å². The van der Waals surface area contributed by atoms with Gasteiger partial charge in [-0.2, -0.15) is 4.79 Å². The summed E-state index contributed by atoms with van der Waals surface area (Å²) in [7, 11) is 0. The zero-order chi connectivity index (χ0) is 20.0. The summed E-state index contributed by atoms with van der Waals surface area (Å²) in [6.45, 7) is 5.09. The maximum atomic E-state index is 12.6. The fraction of sp³-hybridized carbons (Fsp3) is 0.250. The number of benzene rings is 2. The standard InChI is InChI=1S/C20H20ClN3O3/c1-20(2,3)27-19(26)17(24-22)16(13-7-5-4-6-8-13)23-18(25)14-9-11-15(21)12-10-14/h4-12,16H,1-3H3,(H,23,25). The van der Waals surface area contributed by atoms with Gasteiger partial charge in [0.15, 0.2) is 6.04 Å². The van der Waals surface area contributed by atoms with Crippen molar-refractivity contribution in [1.29, 1.82) is 0 Å². The molecule has 0 aliphatic carbocycles. The van der Waals surface area contributed by atoms with Crippen molar-refractivity contribution in [3.63, 3.8) is 0 Å². The van der Waals surface area contributed by atoms with Crippen LogP contribution in [0.2, 0.25) is 5.02 Å². The van der Waals surface area contributed by atoms with E-state index in [1.165, 1.54) is 0 Å². The van der Waals surface area contributed by atoms with Crippen LogP contribution in [0.1, 0.15) is 42.7 Å². The third kappa shape index (κ3) is 5.78. The Balaban J connectivity index is 2.36. The minimum Gasteiger partial charge on any atom is -0.451 e. The van der Waals surface area contributed by atoms with Crippen LogP contribution in [0.3, 0.4) is 0 Å². The molecule has 0 spiro atoms. The van der Waals surface area contributed by atoms with Gasteiger partial charge in [0, 0.05) is 10.6 Å². The first-order valence-electron chi connectivity index (χ1n) is 8.28. The van der Waals surface area contributed by atoms with E-state index in [0.29, 0.717) is 16.1 Å². The number of carbonyl (C=O) groups is 2. The summed E-state index contributed by atoms with van der Waals surface area (Å²) < 4.78 is 5.30. The quantitative estimate of drug-likeness (QED) is 0.367. The van der Waals surface area contributed by atoms with Crippen LogP contribution in [0.25, 0.3) is 5.53 Å². The third-order valence-corrected chi connectivity index (χ3v) is 3.76. The van der Waals surface area contributed by atoms with E-state index in [-0.39, 0.29) is 5.71 Å². The second-order valence-corrected chi connectivity index (χ2v) is 7.25. The first-order chi connectivity index (χ1) is 12.7. The van der Waals surface area contributed by atoms with Crippen LogP contribution in [-0.4, -0.2) is 28.0 Å². The number of carbonyl (C=O) groups excluding carboxylic acids is 2. The van der Waals surface area contributed by atoms with E-state index in [9.17, 15) is 15.1 Å². The number of nitrogens with zero attached hydrogens (tertiary/aromatic N) is 2. The highest BCUT2D eigenvalue weighted by Crippen LogP contribution is 2.18. The molecule has 6 nitrogen and oxygen atoms in total. The molecule has 140 valence electrons. The number of hydrogen-bond acceptors (Lipinski definition) is 3. The number of halogens is 1. The van der Waals surface area contributed by atoms with Gasteiger partial charge in [-0.25, -0.2) is 4.79 Å². The molecule has 0 saturated heterocycles. The first kappa shape index (κ1) is 20.4. The minimum absolute atomic E-state index is 0.321. The Morgan fingerprint density at radius 3 is 2.19 bits per heavy atom. The van der Waals surface area contributed by atoms with E-state index in [2.05, 4.69) is 10.1 Å². The predicted molar refractivity (Wildman–Crippen MR) is 103 cm³/mol. The Morgan fingerprint density at radius 2 is 1.67 bits per heavy atom. The summed E-state index contributed by atoms with van der Waals surface area (Å²) in [5.41, 5.74) is 9.28. The molecule has 0 bridgehead atoms. The number of esters is 1. The van der Waals surface area contributed by atoms with Crippen LogP contribution in [0.15, 0.2) is 54.6 Å². The molecule has 1 unspecified atom stereocenters. The maximum Gasteiger partial charge on any atom is 0.420 e. The van der Waals surface area contributed by atoms with Gasteiger partial charge in [0.05, 0.1) is 0 Å².